The van der Waals surface area contributed by atoms with E-state index in [2.05, 4.69) is 42.3 Å². The molecular weight excluding hydrogens is 408 g/mol. The summed E-state index contributed by atoms with van der Waals surface area (Å²) in [4.78, 5) is 25.9. The molecule has 5 heterocycles. The van der Waals surface area contributed by atoms with E-state index in [0.717, 1.165) is 24.7 Å². The van der Waals surface area contributed by atoms with Gasteiger partial charge in [0, 0.05) is 38.2 Å². The Hall–Kier alpha value is -3.79. The van der Waals surface area contributed by atoms with E-state index >= 15 is 0 Å². The van der Waals surface area contributed by atoms with Crippen LogP contribution in [0.5, 0.6) is 0 Å². The molecule has 0 saturated carbocycles. The largest absolute Gasteiger partial charge is 0.465 e. The molecule has 32 heavy (non-hydrogen) atoms. The Morgan fingerprint density at radius 1 is 1.16 bits per heavy atom. The maximum atomic E-state index is 12.7. The van der Waals surface area contributed by atoms with Crippen molar-refractivity contribution in [3.05, 3.63) is 71.8 Å². The van der Waals surface area contributed by atoms with Gasteiger partial charge in [-0.05, 0) is 44.3 Å². The topological polar surface area (TPSA) is 105 Å². The minimum absolute atomic E-state index is 0.0213. The summed E-state index contributed by atoms with van der Waals surface area (Å²) in [5.74, 6) is 2.83. The van der Waals surface area contributed by atoms with Crippen molar-refractivity contribution in [1.29, 1.82) is 0 Å². The lowest BCUT2D eigenvalue weighted by atomic mass is 10.1. The van der Waals surface area contributed by atoms with Crippen LogP contribution < -0.4 is 10.2 Å². The second-order valence-electron chi connectivity index (χ2n) is 7.89. The number of carbonyl (C=O) groups is 1. The summed E-state index contributed by atoms with van der Waals surface area (Å²) in [6.45, 7) is 4.54. The van der Waals surface area contributed by atoms with Gasteiger partial charge in [0.2, 0.25) is 5.95 Å². The number of hydrogen-bond acceptors (Lipinski definition) is 8. The number of carbonyl (C=O) groups excluding carboxylic acids is 1. The van der Waals surface area contributed by atoms with Crippen LogP contribution in [0.25, 0.3) is 5.65 Å². The molecule has 1 aliphatic rings. The van der Waals surface area contributed by atoms with Crippen LogP contribution in [0, 0.1) is 6.92 Å². The van der Waals surface area contributed by atoms with E-state index < -0.39 is 0 Å². The summed E-state index contributed by atoms with van der Waals surface area (Å²) >= 11 is 0. The average molecular weight is 432 g/mol. The standard InChI is InChI=1S/C22H24N8O2/c1-15-4-6-17(32-15)12-25-21(31)16-5-7-19-26-27-20(30(19)13-16)18-14-29(11-10-28(18)2)22-23-8-3-9-24-22/h3-9,13,18H,10-12,14H2,1-2H3,(H,25,31). The van der Waals surface area contributed by atoms with E-state index in [9.17, 15) is 4.79 Å². The fraction of sp³-hybridized carbons (Fsp3) is 0.318. The Morgan fingerprint density at radius 3 is 2.78 bits per heavy atom. The Labute approximate surface area is 184 Å². The van der Waals surface area contributed by atoms with Gasteiger partial charge in [0.05, 0.1) is 18.2 Å². The highest BCUT2D eigenvalue weighted by Gasteiger charge is 2.30. The molecule has 0 spiro atoms. The Kier molecular flexibility index (Phi) is 5.28. The number of rotatable bonds is 5. The quantitative estimate of drug-likeness (QED) is 0.509. The molecule has 0 aliphatic carbocycles. The molecule has 1 atom stereocenters. The molecule has 0 aromatic carbocycles. The molecule has 10 nitrogen and oxygen atoms in total. The van der Waals surface area contributed by atoms with Crippen molar-refractivity contribution in [3.63, 3.8) is 0 Å². The normalized spacial score (nSPS) is 17.1. The molecule has 1 amide bonds. The molecule has 1 unspecified atom stereocenters. The van der Waals surface area contributed by atoms with Gasteiger partial charge in [0.25, 0.3) is 5.91 Å². The van der Waals surface area contributed by atoms with Crippen LogP contribution in [0.3, 0.4) is 0 Å². The first-order valence-corrected chi connectivity index (χ1v) is 10.5. The van der Waals surface area contributed by atoms with E-state index in [1.807, 2.05) is 35.6 Å². The minimum atomic E-state index is -0.183. The van der Waals surface area contributed by atoms with E-state index in [-0.39, 0.29) is 11.9 Å². The first kappa shape index (κ1) is 20.1. The minimum Gasteiger partial charge on any atom is -0.465 e. The Balaban J connectivity index is 1.38. The van der Waals surface area contributed by atoms with Gasteiger partial charge in [-0.15, -0.1) is 10.2 Å². The van der Waals surface area contributed by atoms with Crippen LogP contribution in [0.4, 0.5) is 5.95 Å². The number of anilines is 1. The molecule has 5 rings (SSSR count). The number of likely N-dealkylation sites (N-methyl/N-ethyl adjacent to an activating group) is 1. The summed E-state index contributed by atoms with van der Waals surface area (Å²) in [7, 11) is 2.07. The lowest BCUT2D eigenvalue weighted by Crippen LogP contribution is -2.47. The second-order valence-corrected chi connectivity index (χ2v) is 7.89. The van der Waals surface area contributed by atoms with Crippen LogP contribution in [0.1, 0.15) is 33.7 Å². The highest BCUT2D eigenvalue weighted by Crippen LogP contribution is 2.25. The van der Waals surface area contributed by atoms with Crippen LogP contribution in [0.15, 0.2) is 53.3 Å². The number of aryl methyl sites for hydroxylation is 1. The van der Waals surface area contributed by atoms with Crippen molar-refractivity contribution in [2.45, 2.75) is 19.5 Å². The van der Waals surface area contributed by atoms with Crippen LogP contribution >= 0.6 is 0 Å². The third-order valence-corrected chi connectivity index (χ3v) is 5.69. The van der Waals surface area contributed by atoms with Crippen LogP contribution in [-0.2, 0) is 6.54 Å². The summed E-state index contributed by atoms with van der Waals surface area (Å²) in [5, 5.41) is 11.7. The third kappa shape index (κ3) is 3.92. The smallest absolute Gasteiger partial charge is 0.253 e. The number of aromatic nitrogens is 5. The predicted molar refractivity (Wildman–Crippen MR) is 117 cm³/mol. The number of fused-ring (bicyclic) bond motifs is 1. The van der Waals surface area contributed by atoms with Gasteiger partial charge in [-0.1, -0.05) is 0 Å². The average Bonchev–Trinajstić information content (AvgIpc) is 3.44. The number of piperazine rings is 1. The third-order valence-electron chi connectivity index (χ3n) is 5.69. The van der Waals surface area contributed by atoms with Gasteiger partial charge in [-0.25, -0.2) is 9.97 Å². The zero-order chi connectivity index (χ0) is 22.1. The van der Waals surface area contributed by atoms with Crippen LogP contribution in [0.2, 0.25) is 0 Å². The van der Waals surface area contributed by atoms with Gasteiger partial charge in [0.15, 0.2) is 11.5 Å². The van der Waals surface area contributed by atoms with E-state index in [1.54, 1.807) is 24.7 Å². The van der Waals surface area contributed by atoms with Gasteiger partial charge in [-0.2, -0.15) is 0 Å². The van der Waals surface area contributed by atoms with E-state index in [1.165, 1.54) is 0 Å². The van der Waals surface area contributed by atoms with Crippen molar-refractivity contribution in [3.8, 4) is 0 Å². The Morgan fingerprint density at radius 2 is 2.00 bits per heavy atom. The highest BCUT2D eigenvalue weighted by molar-refractivity contribution is 5.94. The molecular formula is C22H24N8O2. The molecule has 1 saturated heterocycles. The van der Waals surface area contributed by atoms with Crippen molar-refractivity contribution < 1.29 is 9.21 Å². The molecule has 1 N–H and O–H groups in total. The van der Waals surface area contributed by atoms with Crippen molar-refractivity contribution in [2.24, 2.45) is 0 Å². The van der Waals surface area contributed by atoms with Crippen molar-refractivity contribution in [2.75, 3.05) is 31.6 Å². The van der Waals surface area contributed by atoms with Crippen molar-refractivity contribution in [1.82, 2.24) is 34.8 Å². The fourth-order valence-corrected chi connectivity index (χ4v) is 3.91. The maximum Gasteiger partial charge on any atom is 0.253 e. The maximum absolute atomic E-state index is 12.7. The number of nitrogens with zero attached hydrogens (tertiary/aromatic N) is 7. The first-order chi connectivity index (χ1) is 15.6. The number of furan rings is 1. The zero-order valence-corrected chi connectivity index (χ0v) is 18.0. The molecule has 0 bridgehead atoms. The van der Waals surface area contributed by atoms with Gasteiger partial charge in [0.1, 0.15) is 11.5 Å². The lowest BCUT2D eigenvalue weighted by molar-refractivity contribution is 0.0947. The monoisotopic (exact) mass is 432 g/mol. The summed E-state index contributed by atoms with van der Waals surface area (Å²) in [5.41, 5.74) is 1.23. The Bertz CT molecular complexity index is 1240. The van der Waals surface area contributed by atoms with E-state index in [4.69, 9.17) is 4.42 Å². The van der Waals surface area contributed by atoms with Crippen molar-refractivity contribution >= 4 is 17.5 Å². The van der Waals surface area contributed by atoms with E-state index in [0.29, 0.717) is 36.0 Å². The first-order valence-electron chi connectivity index (χ1n) is 10.5. The molecule has 164 valence electrons. The fourth-order valence-electron chi connectivity index (χ4n) is 3.91. The van der Waals surface area contributed by atoms with Crippen LogP contribution in [-0.4, -0.2) is 62.1 Å². The summed E-state index contributed by atoms with van der Waals surface area (Å²) in [6.07, 6.45) is 5.29. The highest BCUT2D eigenvalue weighted by atomic mass is 16.3. The summed E-state index contributed by atoms with van der Waals surface area (Å²) < 4.78 is 7.42. The predicted octanol–water partition coefficient (Wildman–Crippen LogP) is 1.84. The molecule has 10 heteroatoms. The second kappa shape index (κ2) is 8.39. The number of amides is 1. The molecule has 4 aromatic rings. The number of nitrogens with one attached hydrogen (secondary N) is 1. The van der Waals surface area contributed by atoms with Gasteiger partial charge >= 0.3 is 0 Å². The number of hydrogen-bond donors (Lipinski definition) is 1. The molecule has 4 aromatic heterocycles. The van der Waals surface area contributed by atoms with Gasteiger partial charge < -0.3 is 14.6 Å². The summed E-state index contributed by atoms with van der Waals surface area (Å²) in [6, 6.07) is 9.09. The zero-order valence-electron chi connectivity index (χ0n) is 18.0. The molecule has 0 radical (unpaired) electrons. The molecule has 1 aliphatic heterocycles. The SMILES string of the molecule is Cc1ccc(CNC(=O)c2ccc3nnc(C4CN(c5ncccn5)CCN4C)n3c2)o1. The molecule has 1 fully saturated rings. The lowest BCUT2D eigenvalue weighted by Gasteiger charge is -2.38. The van der Waals surface area contributed by atoms with Gasteiger partial charge in [-0.3, -0.25) is 14.1 Å². The number of pyridine rings is 1.